The monoisotopic (exact) mass is 287 g/mol. The molecule has 0 unspecified atom stereocenters. The first-order valence-electron chi connectivity index (χ1n) is 7.85. The van der Waals surface area contributed by atoms with Crippen LogP contribution in [0, 0.1) is 0 Å². The topological polar surface area (TPSA) is 65.3 Å². The first-order valence-corrected chi connectivity index (χ1v) is 7.85. The zero-order valence-electron chi connectivity index (χ0n) is 12.7. The van der Waals surface area contributed by atoms with Crippen LogP contribution in [0.3, 0.4) is 0 Å². The van der Waals surface area contributed by atoms with E-state index in [4.69, 9.17) is 10.8 Å². The molecule has 1 aromatic heterocycles. The van der Waals surface area contributed by atoms with Crippen molar-refractivity contribution in [1.82, 2.24) is 9.88 Å². The zero-order valence-corrected chi connectivity index (χ0v) is 12.7. The molecule has 0 aliphatic carbocycles. The lowest BCUT2D eigenvalue weighted by molar-refractivity contribution is 0.276. The first kappa shape index (κ1) is 14.6. The summed E-state index contributed by atoms with van der Waals surface area (Å²) in [5.41, 5.74) is 9.78. The maximum atomic E-state index is 9.05. The fraction of sp³-hybridized carbons (Fsp3) is 0.529. The predicted octanol–water partition coefficient (Wildman–Crippen LogP) is 2.19. The van der Waals surface area contributed by atoms with Gasteiger partial charge in [0, 0.05) is 35.8 Å². The highest BCUT2D eigenvalue weighted by Gasteiger charge is 2.22. The van der Waals surface area contributed by atoms with E-state index < -0.39 is 0 Å². The largest absolute Gasteiger partial charge is 0.396 e. The summed E-state index contributed by atoms with van der Waals surface area (Å²) in [4.78, 5) is 5.82. The SMILES string of the molecule is CN1CCC[C@@H]1Cc1c[nH]c2ccc([C@@H](N)CCO)cc12. The first-order chi connectivity index (χ1) is 10.2. The van der Waals surface area contributed by atoms with E-state index in [1.807, 2.05) is 0 Å². The van der Waals surface area contributed by atoms with Crippen LogP contribution in [-0.2, 0) is 6.42 Å². The van der Waals surface area contributed by atoms with Gasteiger partial charge in [0.15, 0.2) is 0 Å². The lowest BCUT2D eigenvalue weighted by Gasteiger charge is -2.19. The van der Waals surface area contributed by atoms with Crippen molar-refractivity contribution in [2.75, 3.05) is 20.2 Å². The minimum atomic E-state index is -0.0868. The van der Waals surface area contributed by atoms with Crippen molar-refractivity contribution < 1.29 is 5.11 Å². The molecule has 21 heavy (non-hydrogen) atoms. The van der Waals surface area contributed by atoms with Crippen molar-refractivity contribution in [1.29, 1.82) is 0 Å². The lowest BCUT2D eigenvalue weighted by atomic mass is 9.99. The van der Waals surface area contributed by atoms with E-state index in [1.165, 1.54) is 35.9 Å². The molecule has 1 aromatic carbocycles. The standard InChI is InChI=1S/C17H25N3O/c1-20-7-2-3-14(20)9-13-11-19-17-5-4-12(10-15(13)17)16(18)6-8-21/h4-5,10-11,14,16,19,21H,2-3,6-9,18H2,1H3/t14-,16+/m1/s1. The second kappa shape index (κ2) is 6.18. The van der Waals surface area contributed by atoms with Crippen molar-refractivity contribution in [2.45, 2.75) is 37.8 Å². The fourth-order valence-electron chi connectivity index (χ4n) is 3.39. The number of likely N-dealkylation sites (N-methyl/N-ethyl adjacent to an activating group) is 1. The second-order valence-electron chi connectivity index (χ2n) is 6.22. The summed E-state index contributed by atoms with van der Waals surface area (Å²) in [7, 11) is 2.22. The maximum absolute atomic E-state index is 9.05. The van der Waals surface area contributed by atoms with E-state index in [1.54, 1.807) is 0 Å². The molecule has 4 nitrogen and oxygen atoms in total. The molecule has 4 heteroatoms. The minimum absolute atomic E-state index is 0.0868. The van der Waals surface area contributed by atoms with Gasteiger partial charge in [-0.2, -0.15) is 0 Å². The van der Waals surface area contributed by atoms with E-state index in [9.17, 15) is 0 Å². The zero-order chi connectivity index (χ0) is 14.8. The Kier molecular flexibility index (Phi) is 4.29. The number of nitrogens with two attached hydrogens (primary N) is 1. The van der Waals surface area contributed by atoms with Crippen LogP contribution in [0.1, 0.15) is 36.4 Å². The summed E-state index contributed by atoms with van der Waals surface area (Å²) < 4.78 is 0. The molecular weight excluding hydrogens is 262 g/mol. The Morgan fingerprint density at radius 2 is 2.33 bits per heavy atom. The molecule has 0 spiro atoms. The number of aliphatic hydroxyl groups excluding tert-OH is 1. The van der Waals surface area contributed by atoms with Gasteiger partial charge in [-0.15, -0.1) is 0 Å². The third kappa shape index (κ3) is 2.98. The van der Waals surface area contributed by atoms with Crippen molar-refractivity contribution in [3.05, 3.63) is 35.5 Å². The van der Waals surface area contributed by atoms with Crippen molar-refractivity contribution in [3.63, 3.8) is 0 Å². The van der Waals surface area contributed by atoms with Crippen molar-refractivity contribution >= 4 is 10.9 Å². The number of hydrogen-bond acceptors (Lipinski definition) is 3. The maximum Gasteiger partial charge on any atom is 0.0457 e. The fourth-order valence-corrected chi connectivity index (χ4v) is 3.39. The molecule has 1 aliphatic heterocycles. The molecule has 3 rings (SSSR count). The third-order valence-electron chi connectivity index (χ3n) is 4.79. The van der Waals surface area contributed by atoms with Gasteiger partial charge >= 0.3 is 0 Å². The van der Waals surface area contributed by atoms with Crippen LogP contribution >= 0.6 is 0 Å². The van der Waals surface area contributed by atoms with Gasteiger partial charge in [-0.05, 0) is 62.5 Å². The smallest absolute Gasteiger partial charge is 0.0457 e. The summed E-state index contributed by atoms with van der Waals surface area (Å²) >= 11 is 0. The van der Waals surface area contributed by atoms with E-state index in [-0.39, 0.29) is 12.6 Å². The number of benzene rings is 1. The highest BCUT2D eigenvalue weighted by molar-refractivity contribution is 5.84. The molecule has 2 heterocycles. The van der Waals surface area contributed by atoms with Gasteiger partial charge in [0.25, 0.3) is 0 Å². The molecule has 114 valence electrons. The van der Waals surface area contributed by atoms with Crippen LogP contribution in [0.2, 0.25) is 0 Å². The van der Waals surface area contributed by atoms with Gasteiger partial charge in [0.1, 0.15) is 0 Å². The third-order valence-corrected chi connectivity index (χ3v) is 4.79. The van der Waals surface area contributed by atoms with Crippen LogP contribution in [0.5, 0.6) is 0 Å². The molecule has 1 aliphatic rings. The molecule has 0 bridgehead atoms. The number of H-pyrrole nitrogens is 1. The molecule has 0 saturated carbocycles. The molecule has 2 atom stereocenters. The normalized spacial score (nSPS) is 21.2. The Morgan fingerprint density at radius 1 is 1.48 bits per heavy atom. The molecule has 4 N–H and O–H groups in total. The van der Waals surface area contributed by atoms with Crippen molar-refractivity contribution in [2.24, 2.45) is 5.73 Å². The van der Waals surface area contributed by atoms with Crippen LogP contribution in [0.4, 0.5) is 0 Å². The van der Waals surface area contributed by atoms with E-state index in [0.29, 0.717) is 12.5 Å². The number of hydrogen-bond donors (Lipinski definition) is 3. The summed E-state index contributed by atoms with van der Waals surface area (Å²) in [5, 5.41) is 10.3. The van der Waals surface area contributed by atoms with Gasteiger partial charge in [0.05, 0.1) is 0 Å². The summed E-state index contributed by atoms with van der Waals surface area (Å²) in [6, 6.07) is 6.92. The molecular formula is C17H25N3O. The summed E-state index contributed by atoms with van der Waals surface area (Å²) in [6.45, 7) is 1.34. The van der Waals surface area contributed by atoms with Gasteiger partial charge in [0.2, 0.25) is 0 Å². The Hall–Kier alpha value is -1.36. The molecule has 0 amide bonds. The summed E-state index contributed by atoms with van der Waals surface area (Å²) in [6.07, 6.45) is 6.42. The number of likely N-dealkylation sites (tertiary alicyclic amines) is 1. The Labute approximate surface area is 125 Å². The molecule has 1 saturated heterocycles. The predicted molar refractivity (Wildman–Crippen MR) is 86.3 cm³/mol. The minimum Gasteiger partial charge on any atom is -0.396 e. The van der Waals surface area contributed by atoms with Crippen LogP contribution < -0.4 is 5.73 Å². The Bertz CT molecular complexity index is 607. The van der Waals surface area contributed by atoms with Crippen LogP contribution in [0.25, 0.3) is 10.9 Å². The van der Waals surface area contributed by atoms with E-state index >= 15 is 0 Å². The number of aliphatic hydroxyl groups is 1. The van der Waals surface area contributed by atoms with Crippen LogP contribution in [0.15, 0.2) is 24.4 Å². The number of aromatic nitrogens is 1. The number of nitrogens with zero attached hydrogens (tertiary/aromatic N) is 1. The lowest BCUT2D eigenvalue weighted by Crippen LogP contribution is -2.26. The molecule has 2 aromatic rings. The number of fused-ring (bicyclic) bond motifs is 1. The highest BCUT2D eigenvalue weighted by atomic mass is 16.3. The number of nitrogens with one attached hydrogen (secondary N) is 1. The average Bonchev–Trinajstić information content (AvgIpc) is 3.07. The number of aromatic amines is 1. The molecule has 1 fully saturated rings. The quantitative estimate of drug-likeness (QED) is 0.790. The summed E-state index contributed by atoms with van der Waals surface area (Å²) in [5.74, 6) is 0. The van der Waals surface area contributed by atoms with E-state index in [0.717, 1.165) is 12.0 Å². The average molecular weight is 287 g/mol. The van der Waals surface area contributed by atoms with Gasteiger partial charge in [-0.25, -0.2) is 0 Å². The van der Waals surface area contributed by atoms with Crippen LogP contribution in [-0.4, -0.2) is 41.2 Å². The molecule has 0 radical (unpaired) electrons. The highest BCUT2D eigenvalue weighted by Crippen LogP contribution is 2.27. The second-order valence-corrected chi connectivity index (χ2v) is 6.22. The van der Waals surface area contributed by atoms with Crippen molar-refractivity contribution in [3.8, 4) is 0 Å². The Morgan fingerprint density at radius 3 is 3.05 bits per heavy atom. The van der Waals surface area contributed by atoms with Gasteiger partial charge in [-0.1, -0.05) is 6.07 Å². The van der Waals surface area contributed by atoms with Gasteiger partial charge in [-0.3, -0.25) is 0 Å². The van der Waals surface area contributed by atoms with Gasteiger partial charge < -0.3 is 20.7 Å². The number of rotatable bonds is 5. The van der Waals surface area contributed by atoms with E-state index in [2.05, 4.69) is 41.3 Å². The Balaban J connectivity index is 1.87.